The summed E-state index contributed by atoms with van der Waals surface area (Å²) in [5, 5.41) is 2.85. The topological polar surface area (TPSA) is 75.3 Å². The molecule has 1 amide bonds. The van der Waals surface area contributed by atoms with E-state index in [4.69, 9.17) is 11.6 Å². The summed E-state index contributed by atoms with van der Waals surface area (Å²) in [6.07, 6.45) is 0. The van der Waals surface area contributed by atoms with Crippen molar-refractivity contribution < 1.29 is 13.2 Å². The molecule has 0 unspecified atom stereocenters. The molecular weight excluding hydrogens is 348 g/mol. The first-order chi connectivity index (χ1) is 11.2. The molecular formula is C17H19ClN2O3S. The minimum Gasteiger partial charge on any atom is -0.324 e. The third-order valence-electron chi connectivity index (χ3n) is 3.49. The second-order valence-corrected chi connectivity index (χ2v) is 7.72. The van der Waals surface area contributed by atoms with Gasteiger partial charge in [0.2, 0.25) is 15.9 Å². The number of hydrogen-bond acceptors (Lipinski definition) is 3. The van der Waals surface area contributed by atoms with Crippen molar-refractivity contribution >= 4 is 33.2 Å². The largest absolute Gasteiger partial charge is 0.324 e. The van der Waals surface area contributed by atoms with Crippen LogP contribution in [-0.4, -0.2) is 20.9 Å². The van der Waals surface area contributed by atoms with Gasteiger partial charge in [0, 0.05) is 5.69 Å². The number of rotatable bonds is 5. The highest BCUT2D eigenvalue weighted by Gasteiger charge is 2.18. The number of sulfonamides is 1. The Hall–Kier alpha value is -1.89. The van der Waals surface area contributed by atoms with Crippen LogP contribution < -0.4 is 10.0 Å². The van der Waals surface area contributed by atoms with E-state index in [1.807, 2.05) is 32.9 Å². The van der Waals surface area contributed by atoms with Crippen LogP contribution in [0, 0.1) is 20.8 Å². The molecule has 0 radical (unpaired) electrons. The molecule has 0 aromatic heterocycles. The van der Waals surface area contributed by atoms with Gasteiger partial charge in [0.15, 0.2) is 0 Å². The normalized spacial score (nSPS) is 11.3. The fraction of sp³-hybridized carbons (Fsp3) is 0.235. The molecule has 0 aliphatic heterocycles. The van der Waals surface area contributed by atoms with Gasteiger partial charge in [0.25, 0.3) is 0 Å². The lowest BCUT2D eigenvalue weighted by molar-refractivity contribution is -0.115. The SMILES string of the molecule is Cc1cc(C)c(NC(=O)CNS(=O)(=O)c2ccccc2Cl)c(C)c1. The molecule has 0 spiro atoms. The minimum atomic E-state index is -3.85. The number of amides is 1. The molecule has 0 atom stereocenters. The van der Waals surface area contributed by atoms with Gasteiger partial charge in [-0.2, -0.15) is 0 Å². The van der Waals surface area contributed by atoms with Crippen molar-refractivity contribution in [3.63, 3.8) is 0 Å². The van der Waals surface area contributed by atoms with Crippen LogP contribution >= 0.6 is 11.6 Å². The predicted octanol–water partition coefficient (Wildman–Crippen LogP) is 3.18. The van der Waals surface area contributed by atoms with Gasteiger partial charge in [-0.05, 0) is 44.0 Å². The first-order valence-electron chi connectivity index (χ1n) is 7.32. The van der Waals surface area contributed by atoms with Crippen LogP contribution in [0.1, 0.15) is 16.7 Å². The first-order valence-corrected chi connectivity index (χ1v) is 9.18. The van der Waals surface area contributed by atoms with Gasteiger partial charge in [0.05, 0.1) is 11.6 Å². The van der Waals surface area contributed by atoms with E-state index >= 15 is 0 Å². The van der Waals surface area contributed by atoms with Crippen LogP contribution in [0.5, 0.6) is 0 Å². The van der Waals surface area contributed by atoms with E-state index in [9.17, 15) is 13.2 Å². The third kappa shape index (κ3) is 4.35. The Morgan fingerprint density at radius 2 is 1.67 bits per heavy atom. The number of hydrogen-bond donors (Lipinski definition) is 2. The average molecular weight is 367 g/mol. The van der Waals surface area contributed by atoms with Crippen molar-refractivity contribution in [3.05, 3.63) is 58.1 Å². The van der Waals surface area contributed by atoms with E-state index in [1.54, 1.807) is 12.1 Å². The molecule has 0 aliphatic carbocycles. The molecule has 0 bridgehead atoms. The lowest BCUT2D eigenvalue weighted by Crippen LogP contribution is -2.33. The molecule has 2 rings (SSSR count). The number of carbonyl (C=O) groups excluding carboxylic acids is 1. The smallest absolute Gasteiger partial charge is 0.242 e. The molecule has 2 aromatic carbocycles. The van der Waals surface area contributed by atoms with E-state index < -0.39 is 15.9 Å². The van der Waals surface area contributed by atoms with E-state index in [-0.39, 0.29) is 16.5 Å². The summed E-state index contributed by atoms with van der Waals surface area (Å²) in [5.41, 5.74) is 3.65. The highest BCUT2D eigenvalue weighted by molar-refractivity contribution is 7.89. The van der Waals surface area contributed by atoms with Gasteiger partial charge in [-0.1, -0.05) is 41.4 Å². The molecule has 5 nitrogen and oxygen atoms in total. The van der Waals surface area contributed by atoms with Gasteiger partial charge in [-0.15, -0.1) is 0 Å². The first kappa shape index (κ1) is 18.4. The summed E-state index contributed by atoms with van der Waals surface area (Å²) in [6.45, 7) is 5.39. The zero-order valence-electron chi connectivity index (χ0n) is 13.7. The van der Waals surface area contributed by atoms with Crippen LogP contribution in [0.25, 0.3) is 0 Å². The Labute approximate surface area is 147 Å². The Bertz CT molecular complexity index is 856. The van der Waals surface area contributed by atoms with Crippen LogP contribution in [0.15, 0.2) is 41.3 Å². The molecule has 0 heterocycles. The molecule has 0 fully saturated rings. The van der Waals surface area contributed by atoms with E-state index in [0.717, 1.165) is 16.7 Å². The number of aryl methyl sites for hydroxylation is 3. The van der Waals surface area contributed by atoms with Gasteiger partial charge < -0.3 is 5.32 Å². The van der Waals surface area contributed by atoms with Gasteiger partial charge in [-0.3, -0.25) is 4.79 Å². The summed E-state index contributed by atoms with van der Waals surface area (Å²) < 4.78 is 26.7. The predicted molar refractivity (Wildman–Crippen MR) is 95.9 cm³/mol. The van der Waals surface area contributed by atoms with Gasteiger partial charge in [0.1, 0.15) is 4.90 Å². The molecule has 0 saturated heterocycles. The third-order valence-corrected chi connectivity index (χ3v) is 5.39. The molecule has 2 N–H and O–H groups in total. The summed E-state index contributed by atoms with van der Waals surface area (Å²) in [7, 11) is -3.85. The van der Waals surface area contributed by atoms with Crippen LogP contribution in [0.2, 0.25) is 5.02 Å². The minimum absolute atomic E-state index is 0.0536. The molecule has 2 aromatic rings. The summed E-state index contributed by atoms with van der Waals surface area (Å²) in [4.78, 5) is 12.0. The van der Waals surface area contributed by atoms with Crippen molar-refractivity contribution in [2.24, 2.45) is 0 Å². The maximum atomic E-state index is 12.2. The van der Waals surface area contributed by atoms with Gasteiger partial charge >= 0.3 is 0 Å². The van der Waals surface area contributed by atoms with Crippen LogP contribution in [0.3, 0.4) is 0 Å². The standard InChI is InChI=1S/C17H19ClN2O3S/c1-11-8-12(2)17(13(3)9-11)20-16(21)10-19-24(22,23)15-7-5-4-6-14(15)18/h4-9,19H,10H2,1-3H3,(H,20,21). The summed E-state index contributed by atoms with van der Waals surface area (Å²) in [6, 6.07) is 9.98. The number of nitrogens with one attached hydrogen (secondary N) is 2. The number of carbonyl (C=O) groups is 1. The highest BCUT2D eigenvalue weighted by atomic mass is 35.5. The second kappa shape index (κ2) is 7.34. The lowest BCUT2D eigenvalue weighted by atomic mass is 10.1. The van der Waals surface area contributed by atoms with Crippen LogP contribution in [-0.2, 0) is 14.8 Å². The molecule has 128 valence electrons. The summed E-state index contributed by atoms with van der Waals surface area (Å²) >= 11 is 5.89. The Morgan fingerprint density at radius 1 is 1.08 bits per heavy atom. The molecule has 7 heteroatoms. The molecule has 0 aliphatic rings. The van der Waals surface area contributed by atoms with Crippen molar-refractivity contribution in [1.29, 1.82) is 0 Å². The average Bonchev–Trinajstić information content (AvgIpc) is 2.49. The van der Waals surface area contributed by atoms with Crippen LogP contribution in [0.4, 0.5) is 5.69 Å². The molecule has 24 heavy (non-hydrogen) atoms. The van der Waals surface area contributed by atoms with Crippen molar-refractivity contribution in [2.75, 3.05) is 11.9 Å². The number of halogens is 1. The van der Waals surface area contributed by atoms with Crippen molar-refractivity contribution in [1.82, 2.24) is 4.72 Å². The number of benzene rings is 2. The fourth-order valence-corrected chi connectivity index (χ4v) is 3.96. The fourth-order valence-electron chi connectivity index (χ4n) is 2.46. The Balaban J connectivity index is 2.08. The Kier molecular flexibility index (Phi) is 5.64. The monoisotopic (exact) mass is 366 g/mol. The lowest BCUT2D eigenvalue weighted by Gasteiger charge is -2.13. The zero-order chi connectivity index (χ0) is 17.9. The Morgan fingerprint density at radius 3 is 2.25 bits per heavy atom. The maximum Gasteiger partial charge on any atom is 0.242 e. The van der Waals surface area contributed by atoms with E-state index in [0.29, 0.717) is 5.69 Å². The quantitative estimate of drug-likeness (QED) is 0.853. The van der Waals surface area contributed by atoms with Crippen molar-refractivity contribution in [3.8, 4) is 0 Å². The van der Waals surface area contributed by atoms with E-state index in [1.165, 1.54) is 12.1 Å². The highest BCUT2D eigenvalue weighted by Crippen LogP contribution is 2.22. The second-order valence-electron chi connectivity index (χ2n) is 5.58. The van der Waals surface area contributed by atoms with Gasteiger partial charge in [-0.25, -0.2) is 13.1 Å². The van der Waals surface area contributed by atoms with E-state index in [2.05, 4.69) is 10.0 Å². The van der Waals surface area contributed by atoms with Crippen molar-refractivity contribution in [2.45, 2.75) is 25.7 Å². The zero-order valence-corrected chi connectivity index (χ0v) is 15.3. The molecule has 0 saturated carbocycles. The summed E-state index contributed by atoms with van der Waals surface area (Å²) in [5.74, 6) is -0.444. The number of anilines is 1. The maximum absolute atomic E-state index is 12.2.